The minimum Gasteiger partial charge on any atom is -0.427 e. The fraction of sp³-hybridized carbons (Fsp3) is 0.0909. The highest BCUT2D eigenvalue weighted by Crippen LogP contribution is 2.16. The van der Waals surface area contributed by atoms with Gasteiger partial charge in [-0.25, -0.2) is 0 Å². The van der Waals surface area contributed by atoms with Crippen LogP contribution in [0.25, 0.3) is 0 Å². The number of amides is 2. The highest BCUT2D eigenvalue weighted by atomic mass is 16.5. The van der Waals surface area contributed by atoms with Crippen molar-refractivity contribution in [3.05, 3.63) is 89.7 Å². The minimum absolute atomic E-state index is 0.205. The third-order valence-electron chi connectivity index (χ3n) is 3.94. The molecule has 2 N–H and O–H groups in total. The molecule has 0 bridgehead atoms. The Labute approximate surface area is 167 Å². The zero-order valence-electron chi connectivity index (χ0n) is 15.7. The molecule has 29 heavy (non-hydrogen) atoms. The normalized spacial score (nSPS) is 10.1. The van der Waals surface area contributed by atoms with Crippen LogP contribution in [0, 0.1) is 0 Å². The van der Waals surface area contributed by atoms with E-state index < -0.39 is 5.97 Å². The van der Waals surface area contributed by atoms with Gasteiger partial charge in [0, 0.05) is 42.7 Å². The smallest absolute Gasteiger partial charge is 0.308 e. The van der Waals surface area contributed by atoms with Gasteiger partial charge in [-0.3, -0.25) is 19.4 Å². The average Bonchev–Trinajstić information content (AvgIpc) is 2.72. The van der Waals surface area contributed by atoms with Crippen molar-refractivity contribution < 1.29 is 19.1 Å². The summed E-state index contributed by atoms with van der Waals surface area (Å²) in [6, 6.07) is 16.8. The van der Waals surface area contributed by atoms with E-state index in [2.05, 4.69) is 15.6 Å². The first-order valence-electron chi connectivity index (χ1n) is 8.88. The van der Waals surface area contributed by atoms with Crippen LogP contribution < -0.4 is 15.4 Å². The molecule has 0 radical (unpaired) electrons. The summed E-state index contributed by atoms with van der Waals surface area (Å²) in [4.78, 5) is 39.6. The Kier molecular flexibility index (Phi) is 6.32. The third-order valence-corrected chi connectivity index (χ3v) is 3.94. The van der Waals surface area contributed by atoms with E-state index in [4.69, 9.17) is 4.74 Å². The first-order valence-corrected chi connectivity index (χ1v) is 8.88. The van der Waals surface area contributed by atoms with Gasteiger partial charge in [0.05, 0.1) is 0 Å². The Bertz CT molecular complexity index is 1030. The molecule has 0 spiro atoms. The molecule has 2 aromatic carbocycles. The molecule has 146 valence electrons. The van der Waals surface area contributed by atoms with Gasteiger partial charge < -0.3 is 15.4 Å². The zero-order chi connectivity index (χ0) is 20.6. The van der Waals surface area contributed by atoms with E-state index in [1.807, 2.05) is 6.07 Å². The van der Waals surface area contributed by atoms with Crippen LogP contribution in [0.2, 0.25) is 0 Å². The monoisotopic (exact) mass is 389 g/mol. The van der Waals surface area contributed by atoms with E-state index in [1.54, 1.807) is 60.9 Å². The highest BCUT2D eigenvalue weighted by Gasteiger charge is 2.09. The number of hydrogen-bond acceptors (Lipinski definition) is 5. The maximum atomic E-state index is 12.5. The van der Waals surface area contributed by atoms with Crippen LogP contribution in [0.15, 0.2) is 73.1 Å². The third kappa shape index (κ3) is 5.74. The lowest BCUT2D eigenvalue weighted by Gasteiger charge is -2.09. The number of nitrogens with zero attached hydrogens (tertiary/aromatic N) is 1. The number of benzene rings is 2. The highest BCUT2D eigenvalue weighted by molar-refractivity contribution is 6.04. The number of esters is 1. The lowest BCUT2D eigenvalue weighted by atomic mass is 10.1. The van der Waals surface area contributed by atoms with Crippen LogP contribution in [-0.4, -0.2) is 22.8 Å². The predicted octanol–water partition coefficient (Wildman–Crippen LogP) is 3.19. The summed E-state index contributed by atoms with van der Waals surface area (Å²) in [5.74, 6) is -0.692. The van der Waals surface area contributed by atoms with Gasteiger partial charge in [0.2, 0.25) is 0 Å². The van der Waals surface area contributed by atoms with Crippen molar-refractivity contribution in [3.63, 3.8) is 0 Å². The van der Waals surface area contributed by atoms with E-state index in [1.165, 1.54) is 13.0 Å². The van der Waals surface area contributed by atoms with Gasteiger partial charge in [-0.15, -0.1) is 0 Å². The van der Waals surface area contributed by atoms with Gasteiger partial charge in [-0.05, 0) is 48.0 Å². The molecule has 0 saturated heterocycles. The van der Waals surface area contributed by atoms with E-state index in [9.17, 15) is 14.4 Å². The second kappa shape index (κ2) is 9.27. The van der Waals surface area contributed by atoms with Crippen LogP contribution in [0.5, 0.6) is 5.75 Å². The summed E-state index contributed by atoms with van der Waals surface area (Å²) in [5, 5.41) is 5.62. The van der Waals surface area contributed by atoms with E-state index in [0.717, 1.165) is 5.56 Å². The van der Waals surface area contributed by atoms with Crippen molar-refractivity contribution in [2.45, 2.75) is 13.5 Å². The van der Waals surface area contributed by atoms with Crippen LogP contribution >= 0.6 is 0 Å². The number of nitrogens with one attached hydrogen (secondary N) is 2. The van der Waals surface area contributed by atoms with Crippen LogP contribution in [0.3, 0.4) is 0 Å². The summed E-state index contributed by atoms with van der Waals surface area (Å²) < 4.78 is 5.00. The van der Waals surface area contributed by atoms with Gasteiger partial charge >= 0.3 is 5.97 Å². The first kappa shape index (κ1) is 19.8. The van der Waals surface area contributed by atoms with E-state index in [0.29, 0.717) is 29.1 Å². The van der Waals surface area contributed by atoms with Crippen molar-refractivity contribution >= 4 is 23.5 Å². The van der Waals surface area contributed by atoms with Crippen molar-refractivity contribution in [2.24, 2.45) is 0 Å². The lowest BCUT2D eigenvalue weighted by Crippen LogP contribution is -2.22. The largest absolute Gasteiger partial charge is 0.427 e. The zero-order valence-corrected chi connectivity index (χ0v) is 15.7. The fourth-order valence-corrected chi connectivity index (χ4v) is 2.62. The minimum atomic E-state index is -0.455. The summed E-state index contributed by atoms with van der Waals surface area (Å²) in [5.41, 5.74) is 2.31. The summed E-state index contributed by atoms with van der Waals surface area (Å²) in [6.07, 6.45) is 3.11. The molecule has 0 aliphatic rings. The number of carbonyl (C=O) groups excluding carboxylic acids is 3. The molecular formula is C22H19N3O4. The van der Waals surface area contributed by atoms with E-state index in [-0.39, 0.29) is 11.8 Å². The molecule has 0 atom stereocenters. The van der Waals surface area contributed by atoms with Gasteiger partial charge in [-0.2, -0.15) is 0 Å². The quantitative estimate of drug-likeness (QED) is 0.498. The standard InChI is InChI=1S/C22H19N3O4/c1-15(26)29-20-7-3-5-18(13-20)22(28)25-19-6-2-4-16(12-19)14-24-21(27)17-8-10-23-11-9-17/h2-13H,14H2,1H3,(H,24,27)(H,25,28). The molecule has 0 unspecified atom stereocenters. The fourth-order valence-electron chi connectivity index (χ4n) is 2.62. The molecule has 2 amide bonds. The van der Waals surface area contributed by atoms with Gasteiger partial charge in [0.1, 0.15) is 5.75 Å². The number of anilines is 1. The van der Waals surface area contributed by atoms with Crippen molar-refractivity contribution in [1.29, 1.82) is 0 Å². The molecule has 3 rings (SSSR count). The number of carbonyl (C=O) groups is 3. The molecule has 3 aromatic rings. The lowest BCUT2D eigenvalue weighted by molar-refractivity contribution is -0.131. The molecule has 0 saturated carbocycles. The second-order valence-corrected chi connectivity index (χ2v) is 6.19. The van der Waals surface area contributed by atoms with Crippen LogP contribution in [0.4, 0.5) is 5.69 Å². The van der Waals surface area contributed by atoms with Gasteiger partial charge in [0.15, 0.2) is 0 Å². The summed E-state index contributed by atoms with van der Waals surface area (Å²) in [6.45, 7) is 1.61. The molecule has 1 aromatic heterocycles. The second-order valence-electron chi connectivity index (χ2n) is 6.19. The Balaban J connectivity index is 1.63. The average molecular weight is 389 g/mol. The molecule has 0 aliphatic carbocycles. The molecular weight excluding hydrogens is 370 g/mol. The predicted molar refractivity (Wildman–Crippen MR) is 108 cm³/mol. The van der Waals surface area contributed by atoms with Crippen molar-refractivity contribution in [1.82, 2.24) is 10.3 Å². The maximum Gasteiger partial charge on any atom is 0.308 e. The number of pyridine rings is 1. The molecule has 0 fully saturated rings. The maximum absolute atomic E-state index is 12.5. The van der Waals surface area contributed by atoms with Gasteiger partial charge in [0.25, 0.3) is 11.8 Å². The van der Waals surface area contributed by atoms with E-state index >= 15 is 0 Å². The molecule has 7 heteroatoms. The SMILES string of the molecule is CC(=O)Oc1cccc(C(=O)Nc2cccc(CNC(=O)c3ccncc3)c2)c1. The Morgan fingerprint density at radius 3 is 2.41 bits per heavy atom. The molecule has 1 heterocycles. The Hall–Kier alpha value is -4.00. The number of ether oxygens (including phenoxy) is 1. The van der Waals surface area contributed by atoms with Crippen molar-refractivity contribution in [2.75, 3.05) is 5.32 Å². The molecule has 7 nitrogen and oxygen atoms in total. The van der Waals surface area contributed by atoms with Crippen LogP contribution in [-0.2, 0) is 11.3 Å². The Morgan fingerprint density at radius 1 is 0.897 bits per heavy atom. The number of rotatable bonds is 6. The van der Waals surface area contributed by atoms with Crippen LogP contribution in [0.1, 0.15) is 33.2 Å². The number of aromatic nitrogens is 1. The molecule has 0 aliphatic heterocycles. The summed E-state index contributed by atoms with van der Waals surface area (Å²) in [7, 11) is 0. The summed E-state index contributed by atoms with van der Waals surface area (Å²) >= 11 is 0. The number of hydrogen-bond donors (Lipinski definition) is 2. The Morgan fingerprint density at radius 2 is 1.66 bits per heavy atom. The van der Waals surface area contributed by atoms with Gasteiger partial charge in [-0.1, -0.05) is 18.2 Å². The topological polar surface area (TPSA) is 97.4 Å². The first-order chi connectivity index (χ1) is 14.0. The van der Waals surface area contributed by atoms with Crippen molar-refractivity contribution in [3.8, 4) is 5.75 Å².